The Hall–Kier alpha value is -3.26. The molecule has 2 amide bonds. The molecule has 0 fully saturated rings. The summed E-state index contributed by atoms with van der Waals surface area (Å²) in [4.78, 5) is 25.7. The van der Waals surface area contributed by atoms with Gasteiger partial charge in [-0.1, -0.05) is 17.7 Å². The standard InChI is InChI=1S/C21H17ClF2N4O2/c1-10-16-17(12-5-8-14(23)15(24)9-12)18(21(30)26-19(16)28(2)27-10)25-20(29)11-3-6-13(22)7-4-11/h3-9,17-18H,1-2H3,(H,25,29)(H,26,30)/t17-,18-/m1/s1. The summed E-state index contributed by atoms with van der Waals surface area (Å²) in [5, 5.41) is 10.3. The number of aryl methyl sites for hydroxylation is 2. The van der Waals surface area contributed by atoms with Crippen LogP contribution in [0.15, 0.2) is 42.5 Å². The number of fused-ring (bicyclic) bond motifs is 1. The van der Waals surface area contributed by atoms with Gasteiger partial charge in [-0.05, 0) is 48.9 Å². The largest absolute Gasteiger partial charge is 0.339 e. The Labute approximate surface area is 175 Å². The maximum absolute atomic E-state index is 14.0. The second-order valence-electron chi connectivity index (χ2n) is 7.07. The van der Waals surface area contributed by atoms with E-state index in [1.165, 1.54) is 22.9 Å². The van der Waals surface area contributed by atoms with Gasteiger partial charge in [0.15, 0.2) is 11.6 Å². The smallest absolute Gasteiger partial charge is 0.251 e. The van der Waals surface area contributed by atoms with Crippen LogP contribution in [0, 0.1) is 18.6 Å². The summed E-state index contributed by atoms with van der Waals surface area (Å²) in [6.45, 7) is 1.75. The molecule has 1 aromatic heterocycles. The van der Waals surface area contributed by atoms with Gasteiger partial charge in [0, 0.05) is 29.1 Å². The quantitative estimate of drug-likeness (QED) is 0.667. The van der Waals surface area contributed by atoms with Crippen molar-refractivity contribution in [1.29, 1.82) is 0 Å². The van der Waals surface area contributed by atoms with Crippen LogP contribution in [0.3, 0.4) is 0 Å². The fraction of sp³-hybridized carbons (Fsp3) is 0.190. The first-order chi connectivity index (χ1) is 14.3. The van der Waals surface area contributed by atoms with Crippen molar-refractivity contribution in [2.45, 2.75) is 18.9 Å². The first-order valence-corrected chi connectivity index (χ1v) is 9.50. The molecule has 2 N–H and O–H groups in total. The fourth-order valence-electron chi connectivity index (χ4n) is 3.75. The normalized spacial score (nSPS) is 18.0. The predicted octanol–water partition coefficient (Wildman–Crippen LogP) is 3.54. The molecular formula is C21H17ClF2N4O2. The third-order valence-electron chi connectivity index (χ3n) is 5.13. The molecule has 154 valence electrons. The topological polar surface area (TPSA) is 76.0 Å². The zero-order chi connectivity index (χ0) is 21.6. The van der Waals surface area contributed by atoms with Gasteiger partial charge in [-0.3, -0.25) is 14.3 Å². The molecule has 2 aromatic carbocycles. The number of benzene rings is 2. The monoisotopic (exact) mass is 430 g/mol. The number of anilines is 1. The van der Waals surface area contributed by atoms with Crippen LogP contribution in [0.2, 0.25) is 5.02 Å². The van der Waals surface area contributed by atoms with Crippen molar-refractivity contribution in [3.8, 4) is 0 Å². The lowest BCUT2D eigenvalue weighted by atomic mass is 9.81. The van der Waals surface area contributed by atoms with Crippen LogP contribution in [0.5, 0.6) is 0 Å². The van der Waals surface area contributed by atoms with Crippen LogP contribution in [0.4, 0.5) is 14.6 Å². The molecule has 1 aliphatic heterocycles. The van der Waals surface area contributed by atoms with Gasteiger partial charge in [-0.25, -0.2) is 8.78 Å². The molecule has 2 atom stereocenters. The molecular weight excluding hydrogens is 414 g/mol. The van der Waals surface area contributed by atoms with Crippen LogP contribution >= 0.6 is 11.6 Å². The average Bonchev–Trinajstić information content (AvgIpc) is 2.98. The summed E-state index contributed by atoms with van der Waals surface area (Å²) in [5.41, 5.74) is 1.89. The number of nitrogens with zero attached hydrogens (tertiary/aromatic N) is 2. The van der Waals surface area contributed by atoms with E-state index >= 15 is 0 Å². The van der Waals surface area contributed by atoms with E-state index < -0.39 is 35.4 Å². The number of nitrogens with one attached hydrogen (secondary N) is 2. The maximum atomic E-state index is 14.0. The van der Waals surface area contributed by atoms with Gasteiger partial charge < -0.3 is 10.6 Å². The number of amides is 2. The van der Waals surface area contributed by atoms with Gasteiger partial charge in [-0.15, -0.1) is 0 Å². The number of carbonyl (C=O) groups excluding carboxylic acids is 2. The van der Waals surface area contributed by atoms with Crippen molar-refractivity contribution >= 4 is 29.2 Å². The molecule has 0 bridgehead atoms. The van der Waals surface area contributed by atoms with Crippen molar-refractivity contribution in [2.75, 3.05) is 5.32 Å². The maximum Gasteiger partial charge on any atom is 0.251 e. The average molecular weight is 431 g/mol. The molecule has 0 saturated heterocycles. The second-order valence-corrected chi connectivity index (χ2v) is 7.51. The first-order valence-electron chi connectivity index (χ1n) is 9.12. The Balaban J connectivity index is 1.79. The highest BCUT2D eigenvalue weighted by atomic mass is 35.5. The van der Waals surface area contributed by atoms with Crippen LogP contribution < -0.4 is 10.6 Å². The molecule has 9 heteroatoms. The van der Waals surface area contributed by atoms with Crippen molar-refractivity contribution in [3.05, 3.63) is 81.5 Å². The highest BCUT2D eigenvalue weighted by Gasteiger charge is 2.41. The minimum absolute atomic E-state index is 0.310. The predicted molar refractivity (Wildman–Crippen MR) is 107 cm³/mol. The molecule has 0 saturated carbocycles. The lowest BCUT2D eigenvalue weighted by Crippen LogP contribution is -2.50. The van der Waals surface area contributed by atoms with Crippen molar-refractivity contribution in [3.63, 3.8) is 0 Å². The van der Waals surface area contributed by atoms with Crippen LogP contribution in [-0.4, -0.2) is 27.6 Å². The minimum atomic E-state index is -1.06. The Morgan fingerprint density at radius 3 is 2.53 bits per heavy atom. The number of carbonyl (C=O) groups is 2. The van der Waals surface area contributed by atoms with Gasteiger partial charge in [0.1, 0.15) is 11.9 Å². The van der Waals surface area contributed by atoms with E-state index in [-0.39, 0.29) is 0 Å². The zero-order valence-corrected chi connectivity index (χ0v) is 16.8. The lowest BCUT2D eigenvalue weighted by molar-refractivity contribution is -0.118. The molecule has 4 rings (SSSR count). The zero-order valence-electron chi connectivity index (χ0n) is 16.0. The minimum Gasteiger partial charge on any atom is -0.339 e. The summed E-state index contributed by atoms with van der Waals surface area (Å²) < 4.78 is 29.0. The molecule has 0 radical (unpaired) electrons. The summed E-state index contributed by atoms with van der Waals surface area (Å²) in [6.07, 6.45) is 0. The SMILES string of the molecule is Cc1nn(C)c2c1[C@@H](c1ccc(F)c(F)c1)[C@@H](NC(=O)c1ccc(Cl)cc1)C(=O)N2. The summed E-state index contributed by atoms with van der Waals surface area (Å²) in [5.74, 6) is -3.32. The van der Waals surface area contributed by atoms with E-state index in [4.69, 9.17) is 11.6 Å². The van der Waals surface area contributed by atoms with E-state index in [0.717, 1.165) is 12.1 Å². The number of aromatic nitrogens is 2. The number of rotatable bonds is 3. The summed E-state index contributed by atoms with van der Waals surface area (Å²) >= 11 is 5.87. The van der Waals surface area contributed by atoms with Gasteiger partial charge in [0.2, 0.25) is 5.91 Å². The van der Waals surface area contributed by atoms with E-state index in [1.807, 2.05) is 0 Å². The van der Waals surface area contributed by atoms with Crippen LogP contribution in [0.1, 0.15) is 33.1 Å². The van der Waals surface area contributed by atoms with Gasteiger partial charge in [0.05, 0.1) is 5.69 Å². The number of hydrogen-bond acceptors (Lipinski definition) is 3. The van der Waals surface area contributed by atoms with Crippen molar-refractivity contribution in [1.82, 2.24) is 15.1 Å². The van der Waals surface area contributed by atoms with Crippen LogP contribution in [0.25, 0.3) is 0 Å². The Bertz CT molecular complexity index is 1160. The Kier molecular flexibility index (Phi) is 5.03. The van der Waals surface area contributed by atoms with Gasteiger partial charge in [0.25, 0.3) is 5.91 Å². The fourth-order valence-corrected chi connectivity index (χ4v) is 3.87. The van der Waals surface area contributed by atoms with E-state index in [0.29, 0.717) is 33.2 Å². The molecule has 0 aliphatic carbocycles. The van der Waals surface area contributed by atoms with Crippen molar-refractivity contribution in [2.24, 2.45) is 7.05 Å². The molecule has 0 unspecified atom stereocenters. The van der Waals surface area contributed by atoms with E-state index in [2.05, 4.69) is 15.7 Å². The lowest BCUT2D eigenvalue weighted by Gasteiger charge is -2.32. The number of halogens is 3. The van der Waals surface area contributed by atoms with E-state index in [9.17, 15) is 18.4 Å². The molecule has 30 heavy (non-hydrogen) atoms. The molecule has 6 nitrogen and oxygen atoms in total. The third-order valence-corrected chi connectivity index (χ3v) is 5.38. The second kappa shape index (κ2) is 7.53. The highest BCUT2D eigenvalue weighted by Crippen LogP contribution is 2.39. The highest BCUT2D eigenvalue weighted by molar-refractivity contribution is 6.30. The Morgan fingerprint density at radius 2 is 1.87 bits per heavy atom. The van der Waals surface area contributed by atoms with Crippen molar-refractivity contribution < 1.29 is 18.4 Å². The summed E-state index contributed by atoms with van der Waals surface area (Å²) in [6, 6.07) is 8.57. The summed E-state index contributed by atoms with van der Waals surface area (Å²) in [7, 11) is 1.67. The number of hydrogen-bond donors (Lipinski definition) is 2. The Morgan fingerprint density at radius 1 is 1.17 bits per heavy atom. The third kappa shape index (κ3) is 3.43. The molecule has 0 spiro atoms. The first kappa shape index (κ1) is 20.0. The molecule has 1 aliphatic rings. The molecule has 2 heterocycles. The van der Waals surface area contributed by atoms with Gasteiger partial charge in [-0.2, -0.15) is 5.10 Å². The van der Waals surface area contributed by atoms with E-state index in [1.54, 1.807) is 26.1 Å². The van der Waals surface area contributed by atoms with Crippen LogP contribution in [-0.2, 0) is 11.8 Å². The van der Waals surface area contributed by atoms with Gasteiger partial charge >= 0.3 is 0 Å². The molecule has 3 aromatic rings.